The highest BCUT2D eigenvalue weighted by Crippen LogP contribution is 2.30. The Hall–Kier alpha value is -2.78. The molecular weight excluding hydrogens is 422 g/mol. The zero-order chi connectivity index (χ0) is 21.8. The first-order valence-corrected chi connectivity index (χ1v) is 11.0. The van der Waals surface area contributed by atoms with Gasteiger partial charge in [-0.2, -0.15) is 0 Å². The first-order chi connectivity index (χ1) is 14.4. The lowest BCUT2D eigenvalue weighted by Crippen LogP contribution is -2.23. The van der Waals surface area contributed by atoms with Crippen LogP contribution in [-0.2, 0) is 11.3 Å². The van der Waals surface area contributed by atoms with Crippen molar-refractivity contribution >= 4 is 44.9 Å². The number of aromatic nitrogens is 2. The molecule has 0 spiro atoms. The van der Waals surface area contributed by atoms with Crippen molar-refractivity contribution in [1.82, 2.24) is 9.55 Å². The summed E-state index contributed by atoms with van der Waals surface area (Å²) >= 11 is 2.70. The van der Waals surface area contributed by atoms with Crippen LogP contribution in [0.25, 0.3) is 10.2 Å². The number of hydrogen-bond donors (Lipinski definition) is 1. The quantitative estimate of drug-likeness (QED) is 0.321. The van der Waals surface area contributed by atoms with Gasteiger partial charge in [-0.05, 0) is 31.5 Å². The number of anilines is 1. The fourth-order valence-corrected chi connectivity index (χ4v) is 4.81. The number of methoxy groups -OCH3 is 2. The predicted molar refractivity (Wildman–Crippen MR) is 122 cm³/mol. The van der Waals surface area contributed by atoms with E-state index in [1.54, 1.807) is 36.0 Å². The van der Waals surface area contributed by atoms with Gasteiger partial charge in [0.05, 0.1) is 31.0 Å². The molecule has 1 N–H and O–H groups in total. The number of aryl methyl sites for hydroxylation is 2. The summed E-state index contributed by atoms with van der Waals surface area (Å²) in [4.78, 5) is 31.9. The smallest absolute Gasteiger partial charge is 0.263 e. The van der Waals surface area contributed by atoms with Crippen LogP contribution in [0.15, 0.2) is 40.8 Å². The molecule has 0 fully saturated rings. The molecule has 0 saturated heterocycles. The highest BCUT2D eigenvalue weighted by molar-refractivity contribution is 7.99. The summed E-state index contributed by atoms with van der Waals surface area (Å²) in [5.74, 6) is 0.988. The molecule has 7 nitrogen and oxygen atoms in total. The highest BCUT2D eigenvalue weighted by Gasteiger charge is 2.17. The van der Waals surface area contributed by atoms with Crippen molar-refractivity contribution in [2.24, 2.45) is 0 Å². The summed E-state index contributed by atoms with van der Waals surface area (Å²) in [6.07, 6.45) is 1.65. The maximum Gasteiger partial charge on any atom is 0.263 e. The van der Waals surface area contributed by atoms with E-state index in [1.807, 2.05) is 13.8 Å². The fourth-order valence-electron chi connectivity index (χ4n) is 2.93. The largest absolute Gasteiger partial charge is 0.497 e. The van der Waals surface area contributed by atoms with Crippen molar-refractivity contribution in [1.29, 1.82) is 0 Å². The Balaban J connectivity index is 1.83. The molecule has 1 amide bonds. The minimum atomic E-state index is -0.235. The Morgan fingerprint density at radius 3 is 2.77 bits per heavy atom. The molecule has 2 aromatic heterocycles. The van der Waals surface area contributed by atoms with Gasteiger partial charge in [0.1, 0.15) is 16.3 Å². The number of allylic oxidation sites excluding steroid dienone is 1. The molecule has 0 radical (unpaired) electrons. The monoisotopic (exact) mass is 445 g/mol. The Kier molecular flexibility index (Phi) is 6.84. The number of fused-ring (bicyclic) bond motifs is 1. The molecule has 0 aliphatic carbocycles. The van der Waals surface area contributed by atoms with E-state index in [-0.39, 0.29) is 17.2 Å². The second kappa shape index (κ2) is 9.36. The van der Waals surface area contributed by atoms with Crippen molar-refractivity contribution in [3.8, 4) is 11.5 Å². The molecule has 0 unspecified atom stereocenters. The molecule has 3 aromatic rings. The van der Waals surface area contributed by atoms with Gasteiger partial charge >= 0.3 is 0 Å². The van der Waals surface area contributed by atoms with Crippen LogP contribution in [0.3, 0.4) is 0 Å². The second-order valence-corrected chi connectivity index (χ2v) is 8.61. The standard InChI is InChI=1S/C21H23N3O4S2/c1-6-9-24-20(26)18-12(2)13(3)30-19(18)23-21(24)29-11-17(25)22-15-8-7-14(27-4)10-16(15)28-5/h6-8,10H,1,9,11H2,2-5H3,(H,22,25). The summed E-state index contributed by atoms with van der Waals surface area (Å²) in [5.41, 5.74) is 1.38. The number of thioether (sulfide) groups is 1. The number of hydrogen-bond acceptors (Lipinski definition) is 7. The number of ether oxygens (including phenoxy) is 2. The van der Waals surface area contributed by atoms with Gasteiger partial charge in [0.25, 0.3) is 5.56 Å². The van der Waals surface area contributed by atoms with E-state index in [9.17, 15) is 9.59 Å². The van der Waals surface area contributed by atoms with Gasteiger partial charge in [-0.25, -0.2) is 4.98 Å². The van der Waals surface area contributed by atoms with E-state index >= 15 is 0 Å². The second-order valence-electron chi connectivity index (χ2n) is 6.47. The van der Waals surface area contributed by atoms with Crippen LogP contribution < -0.4 is 20.3 Å². The Morgan fingerprint density at radius 1 is 1.33 bits per heavy atom. The zero-order valence-corrected chi connectivity index (χ0v) is 18.9. The predicted octanol–water partition coefficient (Wildman–Crippen LogP) is 4.01. The van der Waals surface area contributed by atoms with Gasteiger partial charge in [-0.1, -0.05) is 17.8 Å². The average molecular weight is 446 g/mol. The van der Waals surface area contributed by atoms with E-state index in [4.69, 9.17) is 9.47 Å². The molecule has 0 atom stereocenters. The zero-order valence-electron chi connectivity index (χ0n) is 17.3. The van der Waals surface area contributed by atoms with Crippen LogP contribution in [0.4, 0.5) is 5.69 Å². The maximum absolute atomic E-state index is 13.0. The third kappa shape index (κ3) is 4.36. The van der Waals surface area contributed by atoms with E-state index in [2.05, 4.69) is 16.9 Å². The van der Waals surface area contributed by atoms with Gasteiger partial charge in [0.2, 0.25) is 5.91 Å². The number of nitrogens with one attached hydrogen (secondary N) is 1. The van der Waals surface area contributed by atoms with Crippen LogP contribution in [0.5, 0.6) is 11.5 Å². The number of nitrogens with zero attached hydrogens (tertiary/aromatic N) is 2. The maximum atomic E-state index is 13.0. The SMILES string of the molecule is C=CCn1c(SCC(=O)Nc2ccc(OC)cc2OC)nc2sc(C)c(C)c2c1=O. The van der Waals surface area contributed by atoms with Gasteiger partial charge < -0.3 is 14.8 Å². The van der Waals surface area contributed by atoms with Crippen molar-refractivity contribution in [3.05, 3.63) is 51.6 Å². The third-order valence-corrected chi connectivity index (χ3v) is 6.66. The summed E-state index contributed by atoms with van der Waals surface area (Å²) in [6, 6.07) is 5.15. The van der Waals surface area contributed by atoms with E-state index in [1.165, 1.54) is 30.2 Å². The molecule has 0 aliphatic heterocycles. The molecular formula is C21H23N3O4S2. The summed E-state index contributed by atoms with van der Waals surface area (Å²) in [7, 11) is 3.09. The normalized spacial score (nSPS) is 10.8. The van der Waals surface area contributed by atoms with Crippen LogP contribution in [0, 0.1) is 13.8 Å². The molecule has 158 valence electrons. The van der Waals surface area contributed by atoms with Crippen molar-refractivity contribution in [3.63, 3.8) is 0 Å². The molecule has 30 heavy (non-hydrogen) atoms. The number of amides is 1. The number of carbonyl (C=O) groups excluding carboxylic acids is 1. The summed E-state index contributed by atoms with van der Waals surface area (Å²) in [6.45, 7) is 7.96. The first kappa shape index (κ1) is 21.9. The van der Waals surface area contributed by atoms with Crippen molar-refractivity contribution in [2.45, 2.75) is 25.5 Å². The summed E-state index contributed by atoms with van der Waals surface area (Å²) < 4.78 is 12.0. The molecule has 0 saturated carbocycles. The lowest BCUT2D eigenvalue weighted by molar-refractivity contribution is -0.113. The topological polar surface area (TPSA) is 82.5 Å². The van der Waals surface area contributed by atoms with Crippen LogP contribution in [0.1, 0.15) is 10.4 Å². The minimum absolute atomic E-state index is 0.0909. The number of carbonyl (C=O) groups is 1. The van der Waals surface area contributed by atoms with Crippen molar-refractivity contribution in [2.75, 3.05) is 25.3 Å². The molecule has 2 heterocycles. The Morgan fingerprint density at radius 2 is 2.10 bits per heavy atom. The summed E-state index contributed by atoms with van der Waals surface area (Å²) in [5, 5.41) is 3.95. The molecule has 0 aliphatic rings. The molecule has 0 bridgehead atoms. The van der Waals surface area contributed by atoms with Crippen LogP contribution >= 0.6 is 23.1 Å². The molecule has 3 rings (SSSR count). The number of rotatable bonds is 8. The van der Waals surface area contributed by atoms with E-state index in [0.717, 1.165) is 10.4 Å². The van der Waals surface area contributed by atoms with Gasteiger partial charge in [0, 0.05) is 17.5 Å². The van der Waals surface area contributed by atoms with E-state index < -0.39 is 0 Å². The first-order valence-electron chi connectivity index (χ1n) is 9.15. The van der Waals surface area contributed by atoms with Crippen LogP contribution in [-0.4, -0.2) is 35.4 Å². The highest BCUT2D eigenvalue weighted by atomic mass is 32.2. The lowest BCUT2D eigenvalue weighted by Gasteiger charge is -2.12. The van der Waals surface area contributed by atoms with Gasteiger partial charge in [-0.15, -0.1) is 17.9 Å². The Labute approximate surface area is 182 Å². The minimum Gasteiger partial charge on any atom is -0.497 e. The lowest BCUT2D eigenvalue weighted by atomic mass is 10.2. The van der Waals surface area contributed by atoms with Gasteiger partial charge in [-0.3, -0.25) is 14.2 Å². The van der Waals surface area contributed by atoms with Crippen LogP contribution in [0.2, 0.25) is 0 Å². The van der Waals surface area contributed by atoms with Crippen molar-refractivity contribution < 1.29 is 14.3 Å². The molecule has 1 aromatic carbocycles. The fraction of sp³-hybridized carbons (Fsp3) is 0.286. The van der Waals surface area contributed by atoms with Gasteiger partial charge in [0.15, 0.2) is 5.16 Å². The average Bonchev–Trinajstić information content (AvgIpc) is 3.02. The third-order valence-electron chi connectivity index (χ3n) is 4.58. The number of benzene rings is 1. The number of thiophene rings is 1. The molecule has 9 heteroatoms. The van der Waals surface area contributed by atoms with E-state index in [0.29, 0.717) is 39.1 Å². The Bertz CT molecular complexity index is 1170.